The number of aromatic nitrogens is 1. The first kappa shape index (κ1) is 10.6. The third-order valence-electron chi connectivity index (χ3n) is 3.29. The van der Waals surface area contributed by atoms with Crippen molar-refractivity contribution < 1.29 is 0 Å². The Balaban J connectivity index is 2.17. The Hall–Kier alpha value is -0.930. The first-order chi connectivity index (χ1) is 7.33. The van der Waals surface area contributed by atoms with Crippen molar-refractivity contribution in [1.29, 1.82) is 0 Å². The molecule has 0 radical (unpaired) electrons. The fourth-order valence-corrected chi connectivity index (χ4v) is 2.59. The molecule has 1 fully saturated rings. The van der Waals surface area contributed by atoms with Crippen molar-refractivity contribution in [1.82, 2.24) is 15.2 Å². The SMILES string of the molecule is CNCC1CCN(C)C1c1ccncc1. The van der Waals surface area contributed by atoms with E-state index in [1.54, 1.807) is 0 Å². The minimum atomic E-state index is 0.556. The van der Waals surface area contributed by atoms with Gasteiger partial charge < -0.3 is 5.32 Å². The molecule has 0 aromatic carbocycles. The van der Waals surface area contributed by atoms with Crippen LogP contribution in [0.3, 0.4) is 0 Å². The molecular weight excluding hydrogens is 186 g/mol. The molecule has 2 heterocycles. The molecule has 1 N–H and O–H groups in total. The normalized spacial score (nSPS) is 27.1. The van der Waals surface area contributed by atoms with E-state index >= 15 is 0 Å². The molecule has 2 atom stereocenters. The van der Waals surface area contributed by atoms with Crippen molar-refractivity contribution >= 4 is 0 Å². The molecule has 1 aromatic rings. The zero-order valence-corrected chi connectivity index (χ0v) is 9.48. The van der Waals surface area contributed by atoms with Gasteiger partial charge in [0.15, 0.2) is 0 Å². The number of hydrogen-bond acceptors (Lipinski definition) is 3. The summed E-state index contributed by atoms with van der Waals surface area (Å²) in [4.78, 5) is 6.52. The van der Waals surface area contributed by atoms with Crippen molar-refractivity contribution in [2.45, 2.75) is 12.5 Å². The van der Waals surface area contributed by atoms with E-state index in [1.807, 2.05) is 19.4 Å². The highest BCUT2D eigenvalue weighted by Crippen LogP contribution is 2.35. The number of pyridine rings is 1. The lowest BCUT2D eigenvalue weighted by atomic mass is 9.94. The van der Waals surface area contributed by atoms with Gasteiger partial charge in [-0.2, -0.15) is 0 Å². The van der Waals surface area contributed by atoms with Gasteiger partial charge in [-0.25, -0.2) is 0 Å². The van der Waals surface area contributed by atoms with E-state index in [0.29, 0.717) is 6.04 Å². The van der Waals surface area contributed by atoms with Crippen LogP contribution in [0.5, 0.6) is 0 Å². The van der Waals surface area contributed by atoms with E-state index in [-0.39, 0.29) is 0 Å². The maximum atomic E-state index is 4.08. The van der Waals surface area contributed by atoms with Crippen molar-refractivity contribution in [2.75, 3.05) is 27.2 Å². The molecule has 0 amide bonds. The first-order valence-corrected chi connectivity index (χ1v) is 5.57. The lowest BCUT2D eigenvalue weighted by Gasteiger charge is -2.25. The molecule has 0 bridgehead atoms. The molecule has 0 aliphatic carbocycles. The second-order valence-corrected chi connectivity index (χ2v) is 4.31. The zero-order valence-electron chi connectivity index (χ0n) is 9.48. The minimum absolute atomic E-state index is 0.556. The second kappa shape index (κ2) is 4.73. The highest BCUT2D eigenvalue weighted by atomic mass is 15.2. The second-order valence-electron chi connectivity index (χ2n) is 4.31. The smallest absolute Gasteiger partial charge is 0.0386 e. The predicted molar refractivity (Wildman–Crippen MR) is 61.6 cm³/mol. The molecule has 1 aliphatic heterocycles. The Morgan fingerprint density at radius 3 is 2.87 bits per heavy atom. The van der Waals surface area contributed by atoms with Crippen LogP contribution >= 0.6 is 0 Å². The van der Waals surface area contributed by atoms with Gasteiger partial charge >= 0.3 is 0 Å². The molecule has 0 saturated carbocycles. The first-order valence-electron chi connectivity index (χ1n) is 5.57. The van der Waals surface area contributed by atoms with Gasteiger partial charge in [0.05, 0.1) is 0 Å². The van der Waals surface area contributed by atoms with Crippen LogP contribution < -0.4 is 5.32 Å². The third kappa shape index (κ3) is 2.19. The van der Waals surface area contributed by atoms with Gasteiger partial charge in [-0.05, 0) is 57.2 Å². The molecule has 82 valence electrons. The fourth-order valence-electron chi connectivity index (χ4n) is 2.59. The monoisotopic (exact) mass is 205 g/mol. The molecule has 15 heavy (non-hydrogen) atoms. The quantitative estimate of drug-likeness (QED) is 0.806. The van der Waals surface area contributed by atoms with Gasteiger partial charge in [-0.3, -0.25) is 9.88 Å². The van der Waals surface area contributed by atoms with Crippen molar-refractivity contribution in [3.05, 3.63) is 30.1 Å². The molecule has 1 saturated heterocycles. The van der Waals surface area contributed by atoms with E-state index in [1.165, 1.54) is 18.5 Å². The summed E-state index contributed by atoms with van der Waals surface area (Å²) in [5.41, 5.74) is 1.39. The van der Waals surface area contributed by atoms with E-state index < -0.39 is 0 Å². The average molecular weight is 205 g/mol. The largest absolute Gasteiger partial charge is 0.319 e. The number of rotatable bonds is 3. The van der Waals surface area contributed by atoms with Crippen molar-refractivity contribution in [2.24, 2.45) is 5.92 Å². The maximum absolute atomic E-state index is 4.08. The van der Waals surface area contributed by atoms with Gasteiger partial charge in [0.1, 0.15) is 0 Å². The molecule has 3 nitrogen and oxygen atoms in total. The highest BCUT2D eigenvalue weighted by molar-refractivity contribution is 5.17. The molecule has 2 rings (SSSR count). The molecular formula is C12H19N3. The molecule has 1 aliphatic rings. The summed E-state index contributed by atoms with van der Waals surface area (Å²) in [7, 11) is 4.24. The van der Waals surface area contributed by atoms with Gasteiger partial charge in [0.25, 0.3) is 0 Å². The van der Waals surface area contributed by atoms with Gasteiger partial charge in [-0.1, -0.05) is 0 Å². The van der Waals surface area contributed by atoms with Crippen LogP contribution in [0.15, 0.2) is 24.5 Å². The van der Waals surface area contributed by atoms with Gasteiger partial charge in [0, 0.05) is 18.4 Å². The van der Waals surface area contributed by atoms with Crippen LogP contribution in [0.1, 0.15) is 18.0 Å². The summed E-state index contributed by atoms with van der Waals surface area (Å²) >= 11 is 0. The molecule has 3 heteroatoms. The average Bonchev–Trinajstić information content (AvgIpc) is 2.62. The number of hydrogen-bond donors (Lipinski definition) is 1. The lowest BCUT2D eigenvalue weighted by molar-refractivity contribution is 0.274. The zero-order chi connectivity index (χ0) is 10.7. The van der Waals surface area contributed by atoms with Crippen molar-refractivity contribution in [3.8, 4) is 0 Å². The molecule has 1 aromatic heterocycles. The summed E-state index contributed by atoms with van der Waals surface area (Å²) in [5.74, 6) is 0.724. The number of nitrogens with zero attached hydrogens (tertiary/aromatic N) is 2. The Morgan fingerprint density at radius 2 is 2.20 bits per heavy atom. The highest BCUT2D eigenvalue weighted by Gasteiger charge is 2.32. The van der Waals surface area contributed by atoms with Gasteiger partial charge in [0.2, 0.25) is 0 Å². The standard InChI is InChI=1S/C12H19N3/c1-13-9-11-5-8-15(2)12(11)10-3-6-14-7-4-10/h3-4,6-7,11-13H,5,8-9H2,1-2H3. The van der Waals surface area contributed by atoms with Crippen LogP contribution in [0, 0.1) is 5.92 Å². The minimum Gasteiger partial charge on any atom is -0.319 e. The maximum Gasteiger partial charge on any atom is 0.0386 e. The van der Waals surface area contributed by atoms with E-state index in [0.717, 1.165) is 12.5 Å². The third-order valence-corrected chi connectivity index (χ3v) is 3.29. The van der Waals surface area contributed by atoms with Crippen LogP contribution in [0.4, 0.5) is 0 Å². The molecule has 0 spiro atoms. The van der Waals surface area contributed by atoms with Crippen LogP contribution in [0.25, 0.3) is 0 Å². The Bertz CT molecular complexity index is 297. The fraction of sp³-hybridized carbons (Fsp3) is 0.583. The van der Waals surface area contributed by atoms with E-state index in [4.69, 9.17) is 0 Å². The summed E-state index contributed by atoms with van der Waals surface area (Å²) in [6.45, 7) is 2.29. The Kier molecular flexibility index (Phi) is 3.34. The summed E-state index contributed by atoms with van der Waals surface area (Å²) < 4.78 is 0. The lowest BCUT2D eigenvalue weighted by Crippen LogP contribution is -2.26. The van der Waals surface area contributed by atoms with Crippen molar-refractivity contribution in [3.63, 3.8) is 0 Å². The van der Waals surface area contributed by atoms with E-state index in [2.05, 4.69) is 34.4 Å². The van der Waals surface area contributed by atoms with E-state index in [9.17, 15) is 0 Å². The summed E-state index contributed by atoms with van der Waals surface area (Å²) in [6, 6.07) is 4.82. The van der Waals surface area contributed by atoms with Gasteiger partial charge in [-0.15, -0.1) is 0 Å². The predicted octanol–water partition coefficient (Wildman–Crippen LogP) is 1.29. The Morgan fingerprint density at radius 1 is 1.47 bits per heavy atom. The number of likely N-dealkylation sites (tertiary alicyclic amines) is 1. The van der Waals surface area contributed by atoms with Crippen LogP contribution in [0.2, 0.25) is 0 Å². The van der Waals surface area contributed by atoms with Crippen LogP contribution in [-0.4, -0.2) is 37.1 Å². The summed E-state index contributed by atoms with van der Waals surface area (Å²) in [5, 5.41) is 3.29. The number of nitrogens with one attached hydrogen (secondary N) is 1. The molecule has 2 unspecified atom stereocenters. The summed E-state index contributed by atoms with van der Waals surface area (Å²) in [6.07, 6.45) is 5.06. The Labute approximate surface area is 91.5 Å². The van der Waals surface area contributed by atoms with Crippen LogP contribution in [-0.2, 0) is 0 Å². The topological polar surface area (TPSA) is 28.2 Å².